The monoisotopic (exact) mass is 238 g/mol. The molecule has 0 saturated carbocycles. The number of pyridine rings is 1. The predicted molar refractivity (Wildman–Crippen MR) is 67.3 cm³/mol. The number of nitrogens with zero attached hydrogens (tertiary/aromatic N) is 2. The van der Waals surface area contributed by atoms with Crippen LogP contribution in [-0.2, 0) is 0 Å². The second-order valence-corrected chi connectivity index (χ2v) is 3.44. The molecule has 0 amide bonds. The fraction of sp³-hybridized carbons (Fsp3) is 0.300. The average molecular weight is 238 g/mol. The van der Waals surface area contributed by atoms with Gasteiger partial charge in [-0.2, -0.15) is 5.10 Å². The summed E-state index contributed by atoms with van der Waals surface area (Å²) in [4.78, 5) is 3.99. The lowest BCUT2D eigenvalue weighted by atomic mass is 10.2. The van der Waals surface area contributed by atoms with Crippen LogP contribution < -0.4 is 10.7 Å². The second kappa shape index (κ2) is 6.86. The molecule has 1 rings (SSSR count). The summed E-state index contributed by atoms with van der Waals surface area (Å²) in [7, 11) is 0. The molecule has 0 aromatic carbocycles. The quantitative estimate of drug-likeness (QED) is 0.399. The summed E-state index contributed by atoms with van der Waals surface area (Å²) < 4.78 is 0. The van der Waals surface area contributed by atoms with E-state index >= 15 is 0 Å². The summed E-state index contributed by atoms with van der Waals surface area (Å²) >= 11 is 4.93. The number of aromatic nitrogens is 1. The maximum atomic E-state index is 8.58. The molecule has 5 nitrogen and oxygen atoms in total. The van der Waals surface area contributed by atoms with E-state index in [9.17, 15) is 0 Å². The van der Waals surface area contributed by atoms with Crippen LogP contribution in [-0.4, -0.2) is 34.1 Å². The summed E-state index contributed by atoms with van der Waals surface area (Å²) in [6.45, 7) is 2.30. The highest BCUT2D eigenvalue weighted by atomic mass is 32.1. The van der Waals surface area contributed by atoms with Gasteiger partial charge in [0.2, 0.25) is 0 Å². The molecule has 0 atom stereocenters. The number of hydrogen-bond acceptors (Lipinski definition) is 4. The Hall–Kier alpha value is -1.53. The molecule has 6 heteroatoms. The largest absolute Gasteiger partial charge is 0.395 e. The first-order valence-corrected chi connectivity index (χ1v) is 5.24. The van der Waals surface area contributed by atoms with Crippen molar-refractivity contribution in [3.8, 4) is 0 Å². The van der Waals surface area contributed by atoms with Gasteiger partial charge in [-0.05, 0) is 25.2 Å². The van der Waals surface area contributed by atoms with Crippen LogP contribution in [0.15, 0.2) is 29.6 Å². The standard InChI is InChI=1S/C10H14N4OS/c1-8(9-3-2-4-11-7-9)13-14-10(16)12-5-6-15/h2-4,7,15H,5-6H2,1H3,(H2,12,14,16)/b13-8+. The van der Waals surface area contributed by atoms with E-state index in [4.69, 9.17) is 17.3 Å². The number of hydrogen-bond donors (Lipinski definition) is 3. The first-order chi connectivity index (χ1) is 7.74. The Labute approximate surface area is 99.6 Å². The third-order valence-electron chi connectivity index (χ3n) is 1.80. The lowest BCUT2D eigenvalue weighted by Gasteiger charge is -2.06. The maximum absolute atomic E-state index is 8.58. The second-order valence-electron chi connectivity index (χ2n) is 3.03. The molecule has 1 aromatic heterocycles. The van der Waals surface area contributed by atoms with Crippen LogP contribution >= 0.6 is 12.2 Å². The van der Waals surface area contributed by atoms with Gasteiger partial charge < -0.3 is 10.4 Å². The van der Waals surface area contributed by atoms with E-state index in [-0.39, 0.29) is 6.61 Å². The van der Waals surface area contributed by atoms with Gasteiger partial charge in [0.25, 0.3) is 0 Å². The molecular formula is C10H14N4OS. The lowest BCUT2D eigenvalue weighted by molar-refractivity contribution is 0.300. The van der Waals surface area contributed by atoms with Crippen molar-refractivity contribution in [2.45, 2.75) is 6.92 Å². The Morgan fingerprint density at radius 2 is 2.44 bits per heavy atom. The molecule has 0 saturated heterocycles. The molecule has 0 aliphatic heterocycles. The van der Waals surface area contributed by atoms with E-state index in [1.807, 2.05) is 19.1 Å². The predicted octanol–water partition coefficient (Wildman–Crippen LogP) is 0.262. The van der Waals surface area contributed by atoms with Gasteiger partial charge in [-0.25, -0.2) is 0 Å². The number of nitrogens with one attached hydrogen (secondary N) is 2. The summed E-state index contributed by atoms with van der Waals surface area (Å²) in [5.74, 6) is 0. The van der Waals surface area contributed by atoms with Crippen molar-refractivity contribution in [1.29, 1.82) is 0 Å². The van der Waals surface area contributed by atoms with Crippen molar-refractivity contribution < 1.29 is 5.11 Å². The van der Waals surface area contributed by atoms with Gasteiger partial charge >= 0.3 is 0 Å². The van der Waals surface area contributed by atoms with Crippen LogP contribution in [0.4, 0.5) is 0 Å². The van der Waals surface area contributed by atoms with Gasteiger partial charge in [-0.1, -0.05) is 6.07 Å². The van der Waals surface area contributed by atoms with Crippen molar-refractivity contribution >= 4 is 23.0 Å². The molecule has 86 valence electrons. The van der Waals surface area contributed by atoms with Crippen LogP contribution in [0.2, 0.25) is 0 Å². The van der Waals surface area contributed by atoms with Crippen molar-refractivity contribution in [3.63, 3.8) is 0 Å². The van der Waals surface area contributed by atoms with Crippen molar-refractivity contribution in [2.24, 2.45) is 5.10 Å². The summed E-state index contributed by atoms with van der Waals surface area (Å²) in [6, 6.07) is 3.76. The fourth-order valence-electron chi connectivity index (χ4n) is 0.985. The molecule has 1 heterocycles. The summed E-state index contributed by atoms with van der Waals surface area (Å²) in [5.41, 5.74) is 4.41. The third kappa shape index (κ3) is 4.33. The maximum Gasteiger partial charge on any atom is 0.187 e. The van der Waals surface area contributed by atoms with Crippen molar-refractivity contribution in [2.75, 3.05) is 13.2 Å². The Morgan fingerprint density at radius 3 is 3.06 bits per heavy atom. The number of aliphatic hydroxyl groups excluding tert-OH is 1. The average Bonchev–Trinajstić information content (AvgIpc) is 2.34. The zero-order valence-electron chi connectivity index (χ0n) is 8.97. The molecule has 0 aliphatic carbocycles. The van der Waals surface area contributed by atoms with E-state index in [1.165, 1.54) is 0 Å². The number of aliphatic hydroxyl groups is 1. The molecule has 0 aliphatic rings. The van der Waals surface area contributed by atoms with Gasteiger partial charge in [0.15, 0.2) is 5.11 Å². The van der Waals surface area contributed by atoms with Crippen LogP contribution in [0.1, 0.15) is 12.5 Å². The zero-order chi connectivity index (χ0) is 11.8. The third-order valence-corrected chi connectivity index (χ3v) is 2.04. The van der Waals surface area contributed by atoms with Gasteiger partial charge in [0.05, 0.1) is 12.3 Å². The Balaban J connectivity index is 2.48. The highest BCUT2D eigenvalue weighted by Gasteiger charge is 1.97. The van der Waals surface area contributed by atoms with Gasteiger partial charge in [-0.3, -0.25) is 10.4 Å². The molecule has 1 aromatic rings. The van der Waals surface area contributed by atoms with E-state index in [1.54, 1.807) is 12.4 Å². The molecule has 0 radical (unpaired) electrons. The minimum Gasteiger partial charge on any atom is -0.395 e. The first kappa shape index (κ1) is 12.5. The lowest BCUT2D eigenvalue weighted by Crippen LogP contribution is -2.34. The highest BCUT2D eigenvalue weighted by Crippen LogP contribution is 1.97. The molecular weight excluding hydrogens is 224 g/mol. The molecule has 3 N–H and O–H groups in total. The SMILES string of the molecule is C/C(=N\NC(=S)NCCO)c1cccnc1. The van der Waals surface area contributed by atoms with E-state index in [0.717, 1.165) is 11.3 Å². The Bertz CT molecular complexity index is 366. The topological polar surface area (TPSA) is 69.5 Å². The van der Waals surface area contributed by atoms with Gasteiger partial charge in [0, 0.05) is 24.5 Å². The summed E-state index contributed by atoms with van der Waals surface area (Å²) in [6.07, 6.45) is 3.43. The number of thiocarbonyl (C=S) groups is 1. The first-order valence-electron chi connectivity index (χ1n) is 4.83. The molecule has 0 fully saturated rings. The minimum absolute atomic E-state index is 0.0348. The zero-order valence-corrected chi connectivity index (χ0v) is 9.79. The highest BCUT2D eigenvalue weighted by molar-refractivity contribution is 7.80. The van der Waals surface area contributed by atoms with E-state index in [0.29, 0.717) is 11.7 Å². The molecule has 0 unspecified atom stereocenters. The molecule has 16 heavy (non-hydrogen) atoms. The molecule has 0 spiro atoms. The van der Waals surface area contributed by atoms with Crippen molar-refractivity contribution in [3.05, 3.63) is 30.1 Å². The Morgan fingerprint density at radius 1 is 1.62 bits per heavy atom. The minimum atomic E-state index is 0.0348. The van der Waals surface area contributed by atoms with E-state index < -0.39 is 0 Å². The van der Waals surface area contributed by atoms with Crippen LogP contribution in [0.25, 0.3) is 0 Å². The van der Waals surface area contributed by atoms with Crippen LogP contribution in [0, 0.1) is 0 Å². The normalized spacial score (nSPS) is 11.0. The number of rotatable bonds is 4. The van der Waals surface area contributed by atoms with Gasteiger partial charge in [0.1, 0.15) is 0 Å². The smallest absolute Gasteiger partial charge is 0.187 e. The van der Waals surface area contributed by atoms with Crippen molar-refractivity contribution in [1.82, 2.24) is 15.7 Å². The Kier molecular flexibility index (Phi) is 5.38. The molecule has 0 bridgehead atoms. The van der Waals surface area contributed by atoms with E-state index in [2.05, 4.69) is 20.8 Å². The summed E-state index contributed by atoms with van der Waals surface area (Å²) in [5, 5.41) is 15.8. The fourth-order valence-corrected chi connectivity index (χ4v) is 1.13. The van der Waals surface area contributed by atoms with Crippen LogP contribution in [0.3, 0.4) is 0 Å². The number of hydrazone groups is 1. The van der Waals surface area contributed by atoms with Gasteiger partial charge in [-0.15, -0.1) is 0 Å². The van der Waals surface area contributed by atoms with Crippen LogP contribution in [0.5, 0.6) is 0 Å².